The molecule has 0 radical (unpaired) electrons. The van der Waals surface area contributed by atoms with E-state index in [9.17, 15) is 23.9 Å². The Morgan fingerprint density at radius 3 is 2.52 bits per heavy atom. The lowest BCUT2D eigenvalue weighted by Gasteiger charge is -2.27. The number of carbonyl (C=O) groups is 3. The zero-order chi connectivity index (χ0) is 31.4. The van der Waals surface area contributed by atoms with Crippen molar-refractivity contribution < 1.29 is 28.6 Å². The highest BCUT2D eigenvalue weighted by Crippen LogP contribution is 2.38. The molecule has 1 unspecified atom stereocenters. The van der Waals surface area contributed by atoms with Gasteiger partial charge in [0, 0.05) is 59.9 Å². The minimum atomic E-state index is -0.762. The number of hydrogen-bond donors (Lipinski definition) is 4. The molecule has 44 heavy (non-hydrogen) atoms. The van der Waals surface area contributed by atoms with Crippen LogP contribution in [0.5, 0.6) is 0 Å². The van der Waals surface area contributed by atoms with Crippen molar-refractivity contribution >= 4 is 35.1 Å². The van der Waals surface area contributed by atoms with Crippen molar-refractivity contribution in [2.45, 2.75) is 26.9 Å². The van der Waals surface area contributed by atoms with E-state index in [1.165, 1.54) is 12.1 Å². The number of morpholine rings is 1. The molecule has 0 bridgehead atoms. The number of halogens is 1. The smallest absolute Gasteiger partial charge is 0.256 e. The number of nitrogens with zero attached hydrogens (tertiary/aromatic N) is 2. The van der Waals surface area contributed by atoms with Crippen LogP contribution >= 0.6 is 0 Å². The first-order valence-electron chi connectivity index (χ1n) is 14.9. The standard InChI is InChI=1S/C33H38FN5O5/c1-4-38(5-2)19-24(40)18-35-32(42)29-20(3)36-28(30(29)21-6-9-23(34)10-7-21)17-26-25-16-22(8-11-27(25)37-31(26)41)33(43)39-12-14-44-15-13-39/h6-11,16-17,24,36,40H,4-5,12-15,18-19H2,1-3H3,(H,35,42)(H,37,41)/b26-17-. The first kappa shape index (κ1) is 31.1. The maximum Gasteiger partial charge on any atom is 0.256 e. The lowest BCUT2D eigenvalue weighted by molar-refractivity contribution is -0.110. The number of fused-ring (bicyclic) bond motifs is 1. The van der Waals surface area contributed by atoms with Gasteiger partial charge in [-0.05, 0) is 62.0 Å². The topological polar surface area (TPSA) is 127 Å². The number of aromatic nitrogens is 1. The maximum absolute atomic E-state index is 13.9. The van der Waals surface area contributed by atoms with E-state index in [2.05, 4.69) is 20.5 Å². The van der Waals surface area contributed by atoms with Crippen LogP contribution in [-0.4, -0.2) is 96.2 Å². The van der Waals surface area contributed by atoms with E-state index in [4.69, 9.17) is 4.74 Å². The number of rotatable bonds is 10. The normalized spacial score (nSPS) is 16.3. The number of carbonyl (C=O) groups excluding carboxylic acids is 3. The Balaban J connectivity index is 1.50. The Kier molecular flexibility index (Phi) is 9.58. The maximum atomic E-state index is 13.9. The van der Waals surface area contributed by atoms with E-state index in [1.54, 1.807) is 48.2 Å². The number of likely N-dealkylation sites (N-methyl/N-ethyl adjacent to an activating group) is 1. The number of ether oxygens (including phenoxy) is 1. The van der Waals surface area contributed by atoms with E-state index in [-0.39, 0.29) is 18.4 Å². The number of aryl methyl sites for hydroxylation is 1. The number of amides is 3. The molecule has 11 heteroatoms. The van der Waals surface area contributed by atoms with E-state index in [1.807, 2.05) is 13.8 Å². The average molecular weight is 604 g/mol. The monoisotopic (exact) mass is 603 g/mol. The van der Waals surface area contributed by atoms with Crippen LogP contribution in [0.4, 0.5) is 10.1 Å². The Labute approximate surface area is 255 Å². The minimum absolute atomic E-state index is 0.0506. The summed E-state index contributed by atoms with van der Waals surface area (Å²) in [4.78, 5) is 47.0. The highest BCUT2D eigenvalue weighted by Gasteiger charge is 2.29. The van der Waals surface area contributed by atoms with E-state index in [0.29, 0.717) is 83.3 Å². The molecule has 10 nitrogen and oxygen atoms in total. The van der Waals surface area contributed by atoms with Crippen LogP contribution in [0.3, 0.4) is 0 Å². The van der Waals surface area contributed by atoms with Crippen molar-refractivity contribution in [3.8, 4) is 11.1 Å². The van der Waals surface area contributed by atoms with Crippen LogP contribution in [0.2, 0.25) is 0 Å². The minimum Gasteiger partial charge on any atom is -0.390 e. The highest BCUT2D eigenvalue weighted by atomic mass is 19.1. The molecule has 1 atom stereocenters. The van der Waals surface area contributed by atoms with Gasteiger partial charge >= 0.3 is 0 Å². The summed E-state index contributed by atoms with van der Waals surface area (Å²) in [5, 5.41) is 16.2. The third kappa shape index (κ3) is 6.59. The Bertz CT molecular complexity index is 1570. The molecule has 3 aromatic rings. The van der Waals surface area contributed by atoms with Gasteiger partial charge in [0.25, 0.3) is 17.7 Å². The van der Waals surface area contributed by atoms with E-state index in [0.717, 1.165) is 13.1 Å². The zero-order valence-corrected chi connectivity index (χ0v) is 25.2. The van der Waals surface area contributed by atoms with Gasteiger partial charge in [-0.15, -0.1) is 0 Å². The molecule has 3 heterocycles. The number of aliphatic hydroxyl groups is 1. The van der Waals surface area contributed by atoms with Crippen LogP contribution < -0.4 is 10.6 Å². The Morgan fingerprint density at radius 2 is 1.84 bits per heavy atom. The van der Waals surface area contributed by atoms with Crippen LogP contribution in [0, 0.1) is 12.7 Å². The molecule has 1 aromatic heterocycles. The molecular weight excluding hydrogens is 565 g/mol. The lowest BCUT2D eigenvalue weighted by atomic mass is 9.97. The van der Waals surface area contributed by atoms with Gasteiger partial charge in [-0.25, -0.2) is 4.39 Å². The summed E-state index contributed by atoms with van der Waals surface area (Å²) in [6, 6.07) is 10.9. The van der Waals surface area contributed by atoms with Crippen molar-refractivity contribution in [2.24, 2.45) is 0 Å². The number of benzene rings is 2. The van der Waals surface area contributed by atoms with Crippen molar-refractivity contribution in [3.63, 3.8) is 0 Å². The molecule has 2 aliphatic rings. The molecule has 2 aliphatic heterocycles. The molecule has 4 N–H and O–H groups in total. The van der Waals surface area contributed by atoms with Gasteiger partial charge in [0.15, 0.2) is 0 Å². The van der Waals surface area contributed by atoms with Crippen molar-refractivity contribution in [1.29, 1.82) is 0 Å². The number of hydrogen-bond acceptors (Lipinski definition) is 6. The van der Waals surface area contributed by atoms with Gasteiger partial charge in [0.05, 0.1) is 30.5 Å². The summed E-state index contributed by atoms with van der Waals surface area (Å²) in [6.45, 7) is 9.75. The van der Waals surface area contributed by atoms with Crippen LogP contribution in [0.15, 0.2) is 42.5 Å². The Morgan fingerprint density at radius 1 is 1.14 bits per heavy atom. The summed E-state index contributed by atoms with van der Waals surface area (Å²) >= 11 is 0. The number of H-pyrrole nitrogens is 1. The summed E-state index contributed by atoms with van der Waals surface area (Å²) in [7, 11) is 0. The van der Waals surface area contributed by atoms with Gasteiger partial charge in [0.2, 0.25) is 0 Å². The third-order valence-electron chi connectivity index (χ3n) is 8.07. The van der Waals surface area contributed by atoms with Crippen LogP contribution in [-0.2, 0) is 9.53 Å². The molecule has 232 valence electrons. The van der Waals surface area contributed by atoms with Crippen LogP contribution in [0.25, 0.3) is 22.8 Å². The second kappa shape index (κ2) is 13.5. The lowest BCUT2D eigenvalue weighted by Crippen LogP contribution is -2.40. The van der Waals surface area contributed by atoms with Gasteiger partial charge in [-0.2, -0.15) is 0 Å². The fourth-order valence-electron chi connectivity index (χ4n) is 5.66. The molecule has 3 amide bonds. The second-order valence-corrected chi connectivity index (χ2v) is 10.9. The molecule has 0 saturated carbocycles. The SMILES string of the molecule is CCN(CC)CC(O)CNC(=O)c1c(C)[nH]c(/C=C2\C(=O)Nc3ccc(C(=O)N4CCOCC4)cc32)c1-c1ccc(F)cc1. The molecule has 2 aromatic carbocycles. The summed E-state index contributed by atoms with van der Waals surface area (Å²) in [6.07, 6.45) is 0.893. The molecule has 0 spiro atoms. The first-order valence-corrected chi connectivity index (χ1v) is 14.9. The van der Waals surface area contributed by atoms with E-state index >= 15 is 0 Å². The predicted octanol–water partition coefficient (Wildman–Crippen LogP) is 3.53. The highest BCUT2D eigenvalue weighted by molar-refractivity contribution is 6.35. The number of nitrogens with one attached hydrogen (secondary N) is 3. The third-order valence-corrected chi connectivity index (χ3v) is 8.07. The number of aliphatic hydroxyl groups excluding tert-OH is 1. The molecule has 1 saturated heterocycles. The van der Waals surface area contributed by atoms with E-state index < -0.39 is 17.8 Å². The van der Waals surface area contributed by atoms with Crippen molar-refractivity contribution in [1.82, 2.24) is 20.1 Å². The second-order valence-electron chi connectivity index (χ2n) is 10.9. The van der Waals surface area contributed by atoms with Crippen LogP contribution in [0.1, 0.15) is 51.5 Å². The molecule has 1 fully saturated rings. The molecule has 5 rings (SSSR count). The summed E-state index contributed by atoms with van der Waals surface area (Å²) in [5.74, 6) is -1.32. The van der Waals surface area contributed by atoms with Crippen molar-refractivity contribution in [3.05, 3.63) is 76.4 Å². The summed E-state index contributed by atoms with van der Waals surface area (Å²) in [5.41, 5.74) is 4.34. The fourth-order valence-corrected chi connectivity index (χ4v) is 5.66. The number of aromatic amines is 1. The average Bonchev–Trinajstić information content (AvgIpc) is 3.53. The zero-order valence-electron chi connectivity index (χ0n) is 25.2. The fraction of sp³-hybridized carbons (Fsp3) is 0.364. The van der Waals surface area contributed by atoms with Gasteiger partial charge in [-0.1, -0.05) is 26.0 Å². The van der Waals surface area contributed by atoms with Gasteiger partial charge in [-0.3, -0.25) is 14.4 Å². The van der Waals surface area contributed by atoms with Gasteiger partial charge < -0.3 is 35.3 Å². The quantitative estimate of drug-likeness (QED) is 0.263. The predicted molar refractivity (Wildman–Crippen MR) is 167 cm³/mol. The first-order chi connectivity index (χ1) is 21.2. The van der Waals surface area contributed by atoms with Crippen molar-refractivity contribution in [2.75, 3.05) is 57.8 Å². The Hall–Kier alpha value is -4.32. The largest absolute Gasteiger partial charge is 0.390 e. The van der Waals surface area contributed by atoms with Gasteiger partial charge in [0.1, 0.15) is 5.82 Å². The molecule has 0 aliphatic carbocycles. The summed E-state index contributed by atoms with van der Waals surface area (Å²) < 4.78 is 19.3. The number of anilines is 1. The molecular formula is C33H38FN5O5.